The van der Waals surface area contributed by atoms with E-state index in [9.17, 15) is 4.39 Å². The number of hydrogen-bond donors (Lipinski definition) is 0. The first-order valence-electron chi connectivity index (χ1n) is 6.67. The summed E-state index contributed by atoms with van der Waals surface area (Å²) >= 11 is 7.19. The van der Waals surface area contributed by atoms with E-state index < -0.39 is 0 Å². The van der Waals surface area contributed by atoms with Crippen LogP contribution < -0.4 is 0 Å². The molecule has 1 unspecified atom stereocenters. The maximum atomic E-state index is 13.5. The predicted molar refractivity (Wildman–Crippen MR) is 90.0 cm³/mol. The first-order valence-corrected chi connectivity index (χ1v) is 8.58. The van der Waals surface area contributed by atoms with E-state index >= 15 is 0 Å². The minimum absolute atomic E-state index is 0.0163. The van der Waals surface area contributed by atoms with E-state index in [4.69, 9.17) is 0 Å². The summed E-state index contributed by atoms with van der Waals surface area (Å²) in [6.07, 6.45) is 1.79. The van der Waals surface area contributed by atoms with Crippen molar-refractivity contribution in [2.75, 3.05) is 5.33 Å². The fraction of sp³-hybridized carbons (Fsp3) is 0.294. The molecule has 3 heteroatoms. The summed E-state index contributed by atoms with van der Waals surface area (Å²) in [6.45, 7) is 2.18. The number of alkyl halides is 1. The first kappa shape index (κ1) is 15.7. The van der Waals surface area contributed by atoms with Gasteiger partial charge in [-0.05, 0) is 42.2 Å². The quantitative estimate of drug-likeness (QED) is 0.551. The average molecular weight is 400 g/mol. The van der Waals surface area contributed by atoms with Crippen molar-refractivity contribution in [3.8, 4) is 0 Å². The van der Waals surface area contributed by atoms with Crippen molar-refractivity contribution in [1.29, 1.82) is 0 Å². The molecule has 0 aliphatic heterocycles. The molecule has 0 nitrogen and oxygen atoms in total. The highest BCUT2D eigenvalue weighted by Crippen LogP contribution is 2.36. The van der Waals surface area contributed by atoms with Crippen LogP contribution in [0.3, 0.4) is 0 Å². The molecule has 0 radical (unpaired) electrons. The zero-order valence-electron chi connectivity index (χ0n) is 11.4. The lowest BCUT2D eigenvalue weighted by molar-refractivity contribution is 0.462. The summed E-state index contributed by atoms with van der Waals surface area (Å²) in [6, 6.07) is 15.3. The minimum Gasteiger partial charge on any atom is -0.207 e. The van der Waals surface area contributed by atoms with Crippen LogP contribution in [0.2, 0.25) is 0 Å². The van der Waals surface area contributed by atoms with Gasteiger partial charge in [-0.2, -0.15) is 0 Å². The van der Waals surface area contributed by atoms with Gasteiger partial charge in [-0.15, -0.1) is 0 Å². The lowest BCUT2D eigenvalue weighted by atomic mass is 9.75. The number of hydrogen-bond acceptors (Lipinski definition) is 0. The van der Waals surface area contributed by atoms with Gasteiger partial charge in [0.1, 0.15) is 5.82 Å². The number of halogens is 3. The van der Waals surface area contributed by atoms with Gasteiger partial charge in [-0.3, -0.25) is 0 Å². The molecular weight excluding hydrogens is 383 g/mol. The maximum Gasteiger partial charge on any atom is 0.123 e. The Bertz CT molecular complexity index is 562. The monoisotopic (exact) mass is 398 g/mol. The molecule has 20 heavy (non-hydrogen) atoms. The summed E-state index contributed by atoms with van der Waals surface area (Å²) in [4.78, 5) is 0. The molecule has 2 rings (SSSR count). The second-order valence-electron chi connectivity index (χ2n) is 5.05. The van der Waals surface area contributed by atoms with E-state index in [-0.39, 0.29) is 11.2 Å². The highest BCUT2D eigenvalue weighted by Gasteiger charge is 2.30. The third-order valence-corrected chi connectivity index (χ3v) is 5.70. The third-order valence-electron chi connectivity index (χ3n) is 3.86. The van der Waals surface area contributed by atoms with Crippen LogP contribution in [0.15, 0.2) is 53.0 Å². The zero-order valence-corrected chi connectivity index (χ0v) is 14.5. The molecule has 0 saturated carbocycles. The molecule has 0 aromatic heterocycles. The molecule has 0 amide bonds. The van der Waals surface area contributed by atoms with Crippen molar-refractivity contribution >= 4 is 31.9 Å². The third kappa shape index (κ3) is 3.32. The smallest absolute Gasteiger partial charge is 0.123 e. The van der Waals surface area contributed by atoms with E-state index in [1.165, 1.54) is 11.6 Å². The van der Waals surface area contributed by atoms with Crippen molar-refractivity contribution in [2.45, 2.75) is 25.2 Å². The van der Waals surface area contributed by atoms with E-state index in [1.54, 1.807) is 12.1 Å². The number of rotatable bonds is 5. The first-order chi connectivity index (χ1) is 9.61. The van der Waals surface area contributed by atoms with Crippen molar-refractivity contribution in [2.24, 2.45) is 0 Å². The Hall–Kier alpha value is -0.670. The van der Waals surface area contributed by atoms with E-state index in [0.29, 0.717) is 0 Å². The van der Waals surface area contributed by atoms with Crippen LogP contribution in [0.1, 0.15) is 24.5 Å². The molecular formula is C17H17Br2F. The molecule has 0 N–H and O–H groups in total. The molecule has 0 aliphatic carbocycles. The minimum atomic E-state index is -0.184. The topological polar surface area (TPSA) is 0 Å². The Balaban J connectivity index is 2.42. The van der Waals surface area contributed by atoms with Gasteiger partial charge in [-0.1, -0.05) is 69.1 Å². The van der Waals surface area contributed by atoms with Crippen LogP contribution in [-0.4, -0.2) is 5.33 Å². The molecule has 2 aromatic rings. The largest absolute Gasteiger partial charge is 0.207 e. The molecule has 1 atom stereocenters. The standard InChI is InChI=1S/C17H17Br2F/c1-2-17(12-18,14-6-4-3-5-7-14)11-13-10-15(20)8-9-16(13)19/h3-10H,2,11-12H2,1H3. The van der Waals surface area contributed by atoms with Crippen LogP contribution in [0, 0.1) is 5.82 Å². The van der Waals surface area contributed by atoms with Gasteiger partial charge < -0.3 is 0 Å². The Labute approximate surface area is 136 Å². The van der Waals surface area contributed by atoms with Gasteiger partial charge in [0.25, 0.3) is 0 Å². The molecule has 0 heterocycles. The Morgan fingerprint density at radius 2 is 1.80 bits per heavy atom. The van der Waals surface area contributed by atoms with Gasteiger partial charge in [0.15, 0.2) is 0 Å². The van der Waals surface area contributed by atoms with Crippen LogP contribution in [0.4, 0.5) is 4.39 Å². The summed E-state index contributed by atoms with van der Waals surface area (Å²) in [5.74, 6) is -0.184. The van der Waals surface area contributed by atoms with E-state index in [2.05, 4.69) is 63.0 Å². The lowest BCUT2D eigenvalue weighted by Gasteiger charge is -2.32. The Morgan fingerprint density at radius 3 is 2.40 bits per heavy atom. The molecule has 0 aliphatic rings. The average Bonchev–Trinajstić information content (AvgIpc) is 2.49. The van der Waals surface area contributed by atoms with Gasteiger partial charge in [-0.25, -0.2) is 4.39 Å². The van der Waals surface area contributed by atoms with Crippen LogP contribution in [0.5, 0.6) is 0 Å². The van der Waals surface area contributed by atoms with Crippen molar-refractivity contribution in [1.82, 2.24) is 0 Å². The van der Waals surface area contributed by atoms with Gasteiger partial charge in [0.05, 0.1) is 0 Å². The normalized spacial score (nSPS) is 14.0. The second-order valence-corrected chi connectivity index (χ2v) is 6.46. The Morgan fingerprint density at radius 1 is 1.10 bits per heavy atom. The van der Waals surface area contributed by atoms with Gasteiger partial charge in [0, 0.05) is 15.2 Å². The maximum absolute atomic E-state index is 13.5. The summed E-state index contributed by atoms with van der Waals surface area (Å²) < 4.78 is 14.5. The van der Waals surface area contributed by atoms with Crippen LogP contribution in [0.25, 0.3) is 0 Å². The summed E-state index contributed by atoms with van der Waals surface area (Å²) in [5.41, 5.74) is 2.28. The molecule has 2 aromatic carbocycles. The number of benzene rings is 2. The van der Waals surface area contributed by atoms with E-state index in [1.807, 2.05) is 6.07 Å². The SMILES string of the molecule is CCC(CBr)(Cc1cc(F)ccc1Br)c1ccccc1. The summed E-state index contributed by atoms with van der Waals surface area (Å²) in [5, 5.41) is 0.851. The summed E-state index contributed by atoms with van der Waals surface area (Å²) in [7, 11) is 0. The highest BCUT2D eigenvalue weighted by molar-refractivity contribution is 9.10. The van der Waals surface area contributed by atoms with Crippen molar-refractivity contribution < 1.29 is 4.39 Å². The molecule has 0 spiro atoms. The molecule has 0 bridgehead atoms. The van der Waals surface area contributed by atoms with Crippen molar-refractivity contribution in [3.05, 3.63) is 69.9 Å². The fourth-order valence-electron chi connectivity index (χ4n) is 2.49. The molecule has 0 fully saturated rings. The molecule has 0 saturated heterocycles. The van der Waals surface area contributed by atoms with Crippen LogP contribution >= 0.6 is 31.9 Å². The van der Waals surface area contributed by atoms with E-state index in [0.717, 1.165) is 28.2 Å². The Kier molecular flexibility index (Phi) is 5.39. The highest BCUT2D eigenvalue weighted by atomic mass is 79.9. The van der Waals surface area contributed by atoms with Gasteiger partial charge >= 0.3 is 0 Å². The lowest BCUT2D eigenvalue weighted by Crippen LogP contribution is -2.30. The van der Waals surface area contributed by atoms with Crippen LogP contribution in [-0.2, 0) is 11.8 Å². The molecule has 106 valence electrons. The second kappa shape index (κ2) is 6.86. The fourth-order valence-corrected chi connectivity index (χ4v) is 3.79. The van der Waals surface area contributed by atoms with Gasteiger partial charge in [0.2, 0.25) is 0 Å². The van der Waals surface area contributed by atoms with Crippen molar-refractivity contribution in [3.63, 3.8) is 0 Å². The predicted octanol–water partition coefficient (Wildman–Crippen LogP) is 5.87. The zero-order chi connectivity index (χ0) is 14.6.